The van der Waals surface area contributed by atoms with Crippen LogP contribution in [0.3, 0.4) is 0 Å². The molecule has 5 rings (SSSR count). The van der Waals surface area contributed by atoms with Crippen LogP contribution in [0.5, 0.6) is 0 Å². The molecule has 5 nitrogen and oxygen atoms in total. The number of aliphatic hydroxyl groups is 1. The Kier molecular flexibility index (Phi) is 5.76. The molecule has 168 valence electrons. The van der Waals surface area contributed by atoms with Crippen LogP contribution in [0.15, 0.2) is 60.7 Å². The minimum absolute atomic E-state index is 0.0495. The number of nitrogens with zero attached hydrogens (tertiary/aromatic N) is 2. The predicted molar refractivity (Wildman–Crippen MR) is 122 cm³/mol. The highest BCUT2D eigenvalue weighted by molar-refractivity contribution is 5.89. The quantitative estimate of drug-likeness (QED) is 0.801. The maximum atomic E-state index is 13.6. The maximum absolute atomic E-state index is 13.6. The van der Waals surface area contributed by atoms with Crippen molar-refractivity contribution < 1.29 is 14.7 Å². The van der Waals surface area contributed by atoms with Crippen molar-refractivity contribution in [2.45, 2.75) is 56.7 Å². The monoisotopic (exact) mass is 432 g/mol. The van der Waals surface area contributed by atoms with Gasteiger partial charge in [-0.2, -0.15) is 0 Å². The van der Waals surface area contributed by atoms with Crippen LogP contribution in [0.25, 0.3) is 0 Å². The molecule has 1 N–H and O–H groups in total. The highest BCUT2D eigenvalue weighted by atomic mass is 16.3. The molecule has 0 aromatic heterocycles. The molecule has 1 aliphatic carbocycles. The summed E-state index contributed by atoms with van der Waals surface area (Å²) in [5.41, 5.74) is 1.18. The van der Waals surface area contributed by atoms with Gasteiger partial charge in [0.2, 0.25) is 11.8 Å². The summed E-state index contributed by atoms with van der Waals surface area (Å²) in [4.78, 5) is 30.1. The first-order valence-corrected chi connectivity index (χ1v) is 12.0. The first kappa shape index (κ1) is 21.2. The van der Waals surface area contributed by atoms with Gasteiger partial charge >= 0.3 is 0 Å². The number of fused-ring (bicyclic) bond motifs is 1. The van der Waals surface area contributed by atoms with Crippen molar-refractivity contribution in [3.63, 3.8) is 0 Å². The molecule has 2 aliphatic heterocycles. The van der Waals surface area contributed by atoms with Crippen LogP contribution in [-0.2, 0) is 21.7 Å². The summed E-state index contributed by atoms with van der Waals surface area (Å²) in [5, 5.41) is 11.8. The van der Waals surface area contributed by atoms with Crippen molar-refractivity contribution in [1.82, 2.24) is 9.80 Å². The van der Waals surface area contributed by atoms with E-state index in [-0.39, 0.29) is 29.7 Å². The van der Waals surface area contributed by atoms with E-state index in [0.29, 0.717) is 32.5 Å². The zero-order chi connectivity index (χ0) is 22.1. The normalized spacial score (nSPS) is 30.3. The largest absolute Gasteiger partial charge is 0.385 e. The number of hydrogen-bond acceptors (Lipinski definition) is 3. The lowest BCUT2D eigenvalue weighted by Gasteiger charge is -2.53. The number of amides is 2. The van der Waals surface area contributed by atoms with Gasteiger partial charge in [-0.25, -0.2) is 0 Å². The Labute approximate surface area is 190 Å². The second-order valence-corrected chi connectivity index (χ2v) is 9.69. The van der Waals surface area contributed by atoms with Gasteiger partial charge < -0.3 is 14.9 Å². The van der Waals surface area contributed by atoms with E-state index in [1.807, 2.05) is 70.5 Å². The van der Waals surface area contributed by atoms with Gasteiger partial charge in [-0.15, -0.1) is 0 Å². The molecule has 2 aromatic carbocycles. The molecule has 0 bridgehead atoms. The van der Waals surface area contributed by atoms with Crippen LogP contribution in [0.1, 0.15) is 49.7 Å². The zero-order valence-corrected chi connectivity index (χ0v) is 18.5. The minimum atomic E-state index is -0.881. The first-order chi connectivity index (χ1) is 15.6. The Bertz CT molecular complexity index is 963. The van der Waals surface area contributed by atoms with E-state index in [9.17, 15) is 14.7 Å². The summed E-state index contributed by atoms with van der Waals surface area (Å²) in [6, 6.07) is 20.0. The molecule has 2 aromatic rings. The van der Waals surface area contributed by atoms with Crippen LogP contribution in [-0.4, -0.2) is 45.9 Å². The van der Waals surface area contributed by atoms with Gasteiger partial charge in [0.25, 0.3) is 0 Å². The zero-order valence-electron chi connectivity index (χ0n) is 18.5. The molecule has 2 heterocycles. The second kappa shape index (κ2) is 8.70. The number of carbonyl (C=O) groups excluding carboxylic acids is 2. The summed E-state index contributed by atoms with van der Waals surface area (Å²) < 4.78 is 0. The lowest BCUT2D eigenvalue weighted by molar-refractivity contribution is -0.158. The van der Waals surface area contributed by atoms with E-state index in [4.69, 9.17) is 0 Å². The van der Waals surface area contributed by atoms with Crippen LogP contribution >= 0.6 is 0 Å². The number of benzene rings is 2. The number of piperidine rings is 1. The van der Waals surface area contributed by atoms with Crippen molar-refractivity contribution in [2.24, 2.45) is 11.8 Å². The fourth-order valence-electron chi connectivity index (χ4n) is 6.17. The van der Waals surface area contributed by atoms with Crippen molar-refractivity contribution >= 4 is 11.8 Å². The number of hydrogen-bond donors (Lipinski definition) is 1. The predicted octanol–water partition coefficient (Wildman–Crippen LogP) is 3.71. The van der Waals surface area contributed by atoms with Gasteiger partial charge in [-0.05, 0) is 30.4 Å². The van der Waals surface area contributed by atoms with Gasteiger partial charge in [0.05, 0.1) is 11.5 Å². The van der Waals surface area contributed by atoms with E-state index in [2.05, 4.69) is 0 Å². The van der Waals surface area contributed by atoms with Crippen molar-refractivity contribution in [3.05, 3.63) is 71.8 Å². The lowest BCUT2D eigenvalue weighted by atomic mass is 9.66. The SMILES string of the molecule is O=C1CC(C(=O)N2CC[C@](O)(c3ccccc3)[C@H]3CCCC[C@H]32)CN1Cc1ccccc1. The third-order valence-electron chi connectivity index (χ3n) is 7.81. The number of rotatable bonds is 4. The van der Waals surface area contributed by atoms with Gasteiger partial charge in [-0.1, -0.05) is 73.5 Å². The lowest BCUT2D eigenvalue weighted by Crippen LogP contribution is -2.60. The average molecular weight is 433 g/mol. The molecule has 2 saturated heterocycles. The highest BCUT2D eigenvalue weighted by Crippen LogP contribution is 2.47. The summed E-state index contributed by atoms with van der Waals surface area (Å²) in [6.07, 6.45) is 4.88. The Morgan fingerprint density at radius 3 is 2.44 bits per heavy atom. The third-order valence-corrected chi connectivity index (χ3v) is 7.81. The number of carbonyl (C=O) groups is 2. The molecular formula is C27H32N2O3. The van der Waals surface area contributed by atoms with Crippen LogP contribution in [0.2, 0.25) is 0 Å². The van der Waals surface area contributed by atoms with Crippen LogP contribution in [0.4, 0.5) is 0 Å². The highest BCUT2D eigenvalue weighted by Gasteiger charge is 2.51. The molecule has 1 unspecified atom stereocenters. The van der Waals surface area contributed by atoms with Crippen LogP contribution in [0, 0.1) is 11.8 Å². The van der Waals surface area contributed by atoms with Crippen molar-refractivity contribution in [2.75, 3.05) is 13.1 Å². The molecule has 32 heavy (non-hydrogen) atoms. The van der Waals surface area contributed by atoms with Gasteiger partial charge in [0.1, 0.15) is 0 Å². The summed E-state index contributed by atoms with van der Waals surface area (Å²) in [5.74, 6) is -0.0725. The van der Waals surface area contributed by atoms with E-state index in [1.165, 1.54) is 0 Å². The standard InChI is InChI=1S/C27H32N2O3/c30-25-17-21(19-28(25)18-20-9-3-1-4-10-20)26(31)29-16-15-27(32,22-11-5-2-6-12-22)23-13-7-8-14-24(23)29/h1-6,9-12,21,23-24,32H,7-8,13-19H2/t21?,23-,24+,27-/m0/s1. The minimum Gasteiger partial charge on any atom is -0.385 e. The molecule has 3 fully saturated rings. The second-order valence-electron chi connectivity index (χ2n) is 9.69. The fraction of sp³-hybridized carbons (Fsp3) is 0.481. The van der Waals surface area contributed by atoms with Gasteiger partial charge in [0, 0.05) is 38.0 Å². The maximum Gasteiger partial charge on any atom is 0.228 e. The molecule has 4 atom stereocenters. The Balaban J connectivity index is 1.32. The topological polar surface area (TPSA) is 60.9 Å². The average Bonchev–Trinajstić information content (AvgIpc) is 3.20. The molecule has 5 heteroatoms. The van der Waals surface area contributed by atoms with Gasteiger partial charge in [0.15, 0.2) is 0 Å². The Hall–Kier alpha value is -2.66. The third kappa shape index (κ3) is 3.83. The van der Waals surface area contributed by atoms with E-state index < -0.39 is 5.60 Å². The Morgan fingerprint density at radius 2 is 1.69 bits per heavy atom. The molecule has 1 saturated carbocycles. The molecule has 2 amide bonds. The summed E-state index contributed by atoms with van der Waals surface area (Å²) in [7, 11) is 0. The molecule has 0 radical (unpaired) electrons. The van der Waals surface area contributed by atoms with Gasteiger partial charge in [-0.3, -0.25) is 9.59 Å². The van der Waals surface area contributed by atoms with E-state index >= 15 is 0 Å². The van der Waals surface area contributed by atoms with E-state index in [1.54, 1.807) is 0 Å². The summed E-state index contributed by atoms with van der Waals surface area (Å²) in [6.45, 7) is 1.60. The number of likely N-dealkylation sites (tertiary alicyclic amines) is 2. The Morgan fingerprint density at radius 1 is 1.00 bits per heavy atom. The van der Waals surface area contributed by atoms with Crippen molar-refractivity contribution in [3.8, 4) is 0 Å². The molecule has 3 aliphatic rings. The smallest absolute Gasteiger partial charge is 0.228 e. The molecular weight excluding hydrogens is 400 g/mol. The summed E-state index contributed by atoms with van der Waals surface area (Å²) >= 11 is 0. The van der Waals surface area contributed by atoms with E-state index in [0.717, 1.165) is 36.8 Å². The first-order valence-electron chi connectivity index (χ1n) is 12.0. The van der Waals surface area contributed by atoms with Crippen molar-refractivity contribution in [1.29, 1.82) is 0 Å². The van der Waals surface area contributed by atoms with Crippen LogP contribution < -0.4 is 0 Å². The fourth-order valence-corrected chi connectivity index (χ4v) is 6.17. The molecule has 0 spiro atoms.